The monoisotopic (exact) mass is 206 g/mol. The molecule has 1 aromatic heterocycles. The maximum absolute atomic E-state index is 12.5. The van der Waals surface area contributed by atoms with Crippen molar-refractivity contribution >= 4 is 11.7 Å². The van der Waals surface area contributed by atoms with Gasteiger partial charge in [-0.05, 0) is 0 Å². The molecule has 0 saturated carbocycles. The van der Waals surface area contributed by atoms with Crippen LogP contribution < -0.4 is 5.73 Å². The Morgan fingerprint density at radius 1 is 1.57 bits per heavy atom. The molecule has 1 heterocycles. The number of halogens is 3. The molecule has 0 bridgehead atoms. The number of anilines is 1. The first kappa shape index (κ1) is 10.3. The number of pyridine rings is 1. The van der Waals surface area contributed by atoms with Gasteiger partial charge >= 0.3 is 5.97 Å². The third-order valence-corrected chi connectivity index (χ3v) is 1.47. The van der Waals surface area contributed by atoms with Crippen LogP contribution in [0.5, 0.6) is 0 Å². The van der Waals surface area contributed by atoms with E-state index in [-0.39, 0.29) is 0 Å². The van der Waals surface area contributed by atoms with Gasteiger partial charge in [0.2, 0.25) is 5.95 Å². The van der Waals surface area contributed by atoms with E-state index in [1.807, 2.05) is 0 Å². The molecular formula is C7H5F3N2O2. The largest absolute Gasteiger partial charge is 0.478 e. The van der Waals surface area contributed by atoms with Gasteiger partial charge in [0, 0.05) is 6.07 Å². The Balaban J connectivity index is 3.44. The molecule has 0 fully saturated rings. The van der Waals surface area contributed by atoms with Crippen molar-refractivity contribution in [2.45, 2.75) is 6.43 Å². The van der Waals surface area contributed by atoms with Gasteiger partial charge in [0.25, 0.3) is 6.43 Å². The topological polar surface area (TPSA) is 76.2 Å². The lowest BCUT2D eigenvalue weighted by molar-refractivity contribution is 0.0683. The number of hydrogen-bond acceptors (Lipinski definition) is 3. The van der Waals surface area contributed by atoms with Crippen molar-refractivity contribution in [2.24, 2.45) is 0 Å². The summed E-state index contributed by atoms with van der Waals surface area (Å²) in [4.78, 5) is 13.3. The molecule has 0 radical (unpaired) electrons. The predicted molar refractivity (Wildman–Crippen MR) is 40.5 cm³/mol. The van der Waals surface area contributed by atoms with Crippen LogP contribution in [-0.4, -0.2) is 16.1 Å². The van der Waals surface area contributed by atoms with Crippen LogP contribution >= 0.6 is 0 Å². The highest BCUT2D eigenvalue weighted by Crippen LogP contribution is 2.25. The first-order valence-corrected chi connectivity index (χ1v) is 3.41. The fraction of sp³-hybridized carbons (Fsp3) is 0.143. The van der Waals surface area contributed by atoms with Crippen molar-refractivity contribution in [1.82, 2.24) is 4.98 Å². The minimum absolute atomic E-state index is 0.569. The highest BCUT2D eigenvalue weighted by atomic mass is 19.3. The molecule has 0 atom stereocenters. The van der Waals surface area contributed by atoms with Gasteiger partial charge in [-0.25, -0.2) is 18.6 Å². The zero-order valence-electron chi connectivity index (χ0n) is 6.67. The minimum Gasteiger partial charge on any atom is -0.478 e. The van der Waals surface area contributed by atoms with Crippen LogP contribution in [0.1, 0.15) is 22.5 Å². The van der Waals surface area contributed by atoms with Crippen LogP contribution in [-0.2, 0) is 0 Å². The number of rotatable bonds is 2. The molecule has 0 amide bonds. The third kappa shape index (κ3) is 1.76. The van der Waals surface area contributed by atoms with Gasteiger partial charge in [-0.1, -0.05) is 0 Å². The van der Waals surface area contributed by atoms with Crippen molar-refractivity contribution in [3.63, 3.8) is 0 Å². The average Bonchev–Trinajstić information content (AvgIpc) is 2.01. The molecular weight excluding hydrogens is 201 g/mol. The molecule has 3 N–H and O–H groups in total. The number of aromatic nitrogens is 1. The molecule has 0 unspecified atom stereocenters. The van der Waals surface area contributed by atoms with Gasteiger partial charge in [-0.3, -0.25) is 0 Å². The molecule has 76 valence electrons. The van der Waals surface area contributed by atoms with Crippen molar-refractivity contribution in [3.05, 3.63) is 23.3 Å². The molecule has 0 spiro atoms. The van der Waals surface area contributed by atoms with E-state index in [1.54, 1.807) is 0 Å². The second-order valence-electron chi connectivity index (χ2n) is 2.40. The van der Waals surface area contributed by atoms with Crippen LogP contribution in [0.15, 0.2) is 6.07 Å². The normalized spacial score (nSPS) is 10.6. The second kappa shape index (κ2) is 3.52. The summed E-state index contributed by atoms with van der Waals surface area (Å²) in [6.07, 6.45) is -3.18. The van der Waals surface area contributed by atoms with Crippen molar-refractivity contribution < 1.29 is 23.1 Å². The number of aromatic carboxylic acids is 1. The van der Waals surface area contributed by atoms with E-state index in [0.717, 1.165) is 0 Å². The summed E-state index contributed by atoms with van der Waals surface area (Å²) in [5, 5.41) is 8.51. The van der Waals surface area contributed by atoms with E-state index in [0.29, 0.717) is 6.07 Å². The SMILES string of the molecule is Nc1cc(F)nc(C(F)F)c1C(=O)O. The van der Waals surface area contributed by atoms with Crippen LogP contribution in [0.4, 0.5) is 18.9 Å². The van der Waals surface area contributed by atoms with Crippen molar-refractivity contribution in [1.29, 1.82) is 0 Å². The van der Waals surface area contributed by atoms with Gasteiger partial charge in [-0.2, -0.15) is 4.39 Å². The van der Waals surface area contributed by atoms with Crippen LogP contribution in [0, 0.1) is 5.95 Å². The first-order valence-electron chi connectivity index (χ1n) is 3.41. The number of carboxylic acids is 1. The lowest BCUT2D eigenvalue weighted by atomic mass is 10.1. The summed E-state index contributed by atoms with van der Waals surface area (Å²) in [5.41, 5.74) is 2.48. The summed E-state index contributed by atoms with van der Waals surface area (Å²) < 4.78 is 36.9. The lowest BCUT2D eigenvalue weighted by Gasteiger charge is -2.06. The number of hydrogen-bond donors (Lipinski definition) is 2. The average molecular weight is 206 g/mol. The van der Waals surface area contributed by atoms with Gasteiger partial charge in [0.15, 0.2) is 0 Å². The molecule has 1 rings (SSSR count). The van der Waals surface area contributed by atoms with Gasteiger partial charge < -0.3 is 10.8 Å². The van der Waals surface area contributed by atoms with E-state index < -0.39 is 35.3 Å². The van der Waals surface area contributed by atoms with Crippen molar-refractivity contribution in [3.8, 4) is 0 Å². The molecule has 0 aliphatic carbocycles. The molecule has 7 heteroatoms. The van der Waals surface area contributed by atoms with Gasteiger partial charge in [0.1, 0.15) is 11.3 Å². The molecule has 0 aromatic carbocycles. The smallest absolute Gasteiger partial charge is 0.339 e. The summed E-state index contributed by atoms with van der Waals surface area (Å²) >= 11 is 0. The summed E-state index contributed by atoms with van der Waals surface area (Å²) in [5.74, 6) is -2.90. The Hall–Kier alpha value is -1.79. The second-order valence-corrected chi connectivity index (χ2v) is 2.40. The summed E-state index contributed by atoms with van der Waals surface area (Å²) in [7, 11) is 0. The fourth-order valence-corrected chi connectivity index (χ4v) is 0.943. The van der Waals surface area contributed by atoms with E-state index >= 15 is 0 Å². The number of carboxylic acid groups (broad SMARTS) is 1. The van der Waals surface area contributed by atoms with Gasteiger partial charge in [0.05, 0.1) is 5.69 Å². The zero-order valence-corrected chi connectivity index (χ0v) is 6.67. The number of carbonyl (C=O) groups is 1. The van der Waals surface area contributed by atoms with Gasteiger partial charge in [-0.15, -0.1) is 0 Å². The lowest BCUT2D eigenvalue weighted by Crippen LogP contribution is -2.10. The van der Waals surface area contributed by atoms with E-state index in [9.17, 15) is 18.0 Å². The predicted octanol–water partition coefficient (Wildman–Crippen LogP) is 1.44. The third-order valence-electron chi connectivity index (χ3n) is 1.47. The molecule has 0 saturated heterocycles. The Kier molecular flexibility index (Phi) is 2.59. The molecule has 14 heavy (non-hydrogen) atoms. The summed E-state index contributed by atoms with van der Waals surface area (Å²) in [6, 6.07) is 0.579. The van der Waals surface area contributed by atoms with Crippen LogP contribution in [0.2, 0.25) is 0 Å². The zero-order chi connectivity index (χ0) is 10.9. The molecule has 0 aliphatic heterocycles. The number of nitrogens with zero attached hydrogens (tertiary/aromatic N) is 1. The maximum Gasteiger partial charge on any atom is 0.339 e. The number of nitrogens with two attached hydrogens (primary N) is 1. The quantitative estimate of drug-likeness (QED) is 0.717. The van der Waals surface area contributed by atoms with E-state index in [4.69, 9.17) is 10.8 Å². The molecule has 0 aliphatic rings. The standard InChI is InChI=1S/C7H5F3N2O2/c8-3-1-2(11)4(7(13)14)5(12-3)6(9)10/h1,6H,(H2,11,12)(H,13,14). The highest BCUT2D eigenvalue weighted by molar-refractivity contribution is 5.94. The first-order chi connectivity index (χ1) is 6.43. The van der Waals surface area contributed by atoms with Crippen LogP contribution in [0.25, 0.3) is 0 Å². The summed E-state index contributed by atoms with van der Waals surface area (Å²) in [6.45, 7) is 0. The molecule has 1 aromatic rings. The Bertz CT molecular complexity index is 381. The van der Waals surface area contributed by atoms with Crippen LogP contribution in [0.3, 0.4) is 0 Å². The Morgan fingerprint density at radius 2 is 2.14 bits per heavy atom. The van der Waals surface area contributed by atoms with Crippen molar-refractivity contribution in [2.75, 3.05) is 5.73 Å². The number of alkyl halides is 2. The Labute approximate surface area is 76.2 Å². The van der Waals surface area contributed by atoms with E-state index in [2.05, 4.69) is 4.98 Å². The number of nitrogen functional groups attached to an aromatic ring is 1. The minimum atomic E-state index is -3.18. The molecule has 4 nitrogen and oxygen atoms in total. The Morgan fingerprint density at radius 3 is 2.57 bits per heavy atom. The fourth-order valence-electron chi connectivity index (χ4n) is 0.943. The maximum atomic E-state index is 12.5. The van der Waals surface area contributed by atoms with E-state index in [1.165, 1.54) is 0 Å². The highest BCUT2D eigenvalue weighted by Gasteiger charge is 2.23.